The van der Waals surface area contributed by atoms with Crippen LogP contribution in [0.15, 0.2) is 35.9 Å². The van der Waals surface area contributed by atoms with Gasteiger partial charge in [-0.2, -0.15) is 0 Å². The fraction of sp³-hybridized carbons (Fsp3) is 0.727. The number of aldehydes is 1. The van der Waals surface area contributed by atoms with E-state index in [0.29, 0.717) is 70.1 Å². The Balaban J connectivity index is 1.22. The summed E-state index contributed by atoms with van der Waals surface area (Å²) in [5.74, 6) is 4.87. The second-order valence-electron chi connectivity index (χ2n) is 18.9. The minimum absolute atomic E-state index is 0.0943. The fourth-order valence-corrected chi connectivity index (χ4v) is 15.0. The molecule has 1 spiro atoms. The normalized spacial score (nSPS) is 49.5. The third-order valence-electron chi connectivity index (χ3n) is 17.1. The number of benzene rings is 1. The molecule has 0 radical (unpaired) electrons. The third kappa shape index (κ3) is 4.66. The summed E-state index contributed by atoms with van der Waals surface area (Å²) in [5, 5.41) is 66.0. The quantitative estimate of drug-likeness (QED) is 0.118. The molecule has 1 aromatic rings. The standard InChI is InChI=1S/C44H57NO8/c1-25(2)27-10-11-33-35(48)12-15-41(23-46)36-13-16-40-14-6-5-8-26-7-3-4-9-28(26)19-34(45-24-47)31-18-29(38(40)32-20-37(49)53-39(31)32)21-43(40,51)42(36,50)22-30(17-27)44(33,41)52/h3-4,7,9,20,23,25,27,29-31,33-36,38-39,45,47-48,50-52H,6,10-19,21-22,24H2,1-2H3. The van der Waals surface area contributed by atoms with Crippen molar-refractivity contribution >= 4 is 12.3 Å². The van der Waals surface area contributed by atoms with Crippen molar-refractivity contribution in [2.24, 2.45) is 58.2 Å². The van der Waals surface area contributed by atoms with Gasteiger partial charge < -0.3 is 35.1 Å². The number of rotatable bonds is 4. The van der Waals surface area contributed by atoms with Crippen molar-refractivity contribution in [3.8, 4) is 11.8 Å². The van der Waals surface area contributed by atoms with Crippen LogP contribution in [0.4, 0.5) is 0 Å². The molecule has 1 aliphatic heterocycles. The summed E-state index contributed by atoms with van der Waals surface area (Å²) in [4.78, 5) is 27.2. The Morgan fingerprint density at radius 3 is 2.62 bits per heavy atom. The first-order chi connectivity index (χ1) is 25.4. The van der Waals surface area contributed by atoms with Crippen LogP contribution in [-0.2, 0) is 20.7 Å². The Hall–Kier alpha value is -2.58. The third-order valence-corrected chi connectivity index (χ3v) is 17.1. The predicted molar refractivity (Wildman–Crippen MR) is 195 cm³/mol. The van der Waals surface area contributed by atoms with Gasteiger partial charge in [0.15, 0.2) is 0 Å². The summed E-state index contributed by atoms with van der Waals surface area (Å²) in [7, 11) is 0. The van der Waals surface area contributed by atoms with E-state index in [1.165, 1.54) is 0 Å². The van der Waals surface area contributed by atoms with Crippen LogP contribution in [-0.4, -0.2) is 79.6 Å². The van der Waals surface area contributed by atoms with Crippen molar-refractivity contribution in [2.75, 3.05) is 6.73 Å². The van der Waals surface area contributed by atoms with Crippen molar-refractivity contribution < 1.29 is 39.9 Å². The average Bonchev–Trinajstić information content (AvgIpc) is 3.58. The highest BCUT2D eigenvalue weighted by Gasteiger charge is 2.82. The lowest BCUT2D eigenvalue weighted by Crippen LogP contribution is -2.80. The first kappa shape index (κ1) is 36.1. The summed E-state index contributed by atoms with van der Waals surface area (Å²) in [6.45, 7) is 4.13. The lowest BCUT2D eigenvalue weighted by atomic mass is 9.36. The van der Waals surface area contributed by atoms with Crippen LogP contribution in [0.3, 0.4) is 0 Å². The fourth-order valence-electron chi connectivity index (χ4n) is 15.0. The molecule has 286 valence electrons. The van der Waals surface area contributed by atoms with E-state index >= 15 is 0 Å². The highest BCUT2D eigenvalue weighted by molar-refractivity contribution is 5.86. The van der Waals surface area contributed by atoms with Gasteiger partial charge in [0.2, 0.25) is 0 Å². The molecule has 15 unspecified atom stereocenters. The lowest BCUT2D eigenvalue weighted by Gasteiger charge is -2.72. The van der Waals surface area contributed by atoms with E-state index in [9.17, 15) is 35.1 Å². The van der Waals surface area contributed by atoms with E-state index in [1.807, 2.05) is 18.2 Å². The highest BCUT2D eigenvalue weighted by atomic mass is 16.5. The smallest absolute Gasteiger partial charge is 0.331 e. The van der Waals surface area contributed by atoms with Gasteiger partial charge in [0.05, 0.1) is 29.5 Å². The Labute approximate surface area is 313 Å². The minimum Gasteiger partial charge on any atom is -0.454 e. The summed E-state index contributed by atoms with van der Waals surface area (Å²) in [6, 6.07) is 7.80. The van der Waals surface area contributed by atoms with E-state index in [4.69, 9.17) is 4.74 Å². The maximum absolute atomic E-state index is 13.9. The monoisotopic (exact) mass is 727 g/mol. The molecule has 6 saturated carbocycles. The maximum atomic E-state index is 13.9. The topological polar surface area (TPSA) is 157 Å². The molecule has 9 nitrogen and oxygen atoms in total. The first-order valence-corrected chi connectivity index (χ1v) is 20.5. The molecular weight excluding hydrogens is 670 g/mol. The number of esters is 1. The number of aliphatic hydroxyl groups is 5. The Morgan fingerprint density at radius 2 is 1.85 bits per heavy atom. The number of carbonyl (C=O) groups excluding carboxylic acids is 2. The van der Waals surface area contributed by atoms with E-state index in [0.717, 1.165) is 29.4 Å². The van der Waals surface area contributed by atoms with E-state index in [2.05, 4.69) is 37.1 Å². The second kappa shape index (κ2) is 12.5. The number of hydrogen-bond donors (Lipinski definition) is 6. The average molecular weight is 728 g/mol. The maximum Gasteiger partial charge on any atom is 0.331 e. The number of fused-ring (bicyclic) bond motifs is 7. The number of aliphatic hydroxyl groups excluding tert-OH is 2. The van der Waals surface area contributed by atoms with Gasteiger partial charge >= 0.3 is 5.97 Å². The summed E-state index contributed by atoms with van der Waals surface area (Å²) < 4.78 is 6.16. The molecule has 9 rings (SSSR count). The molecule has 1 aromatic carbocycles. The molecule has 4 bridgehead atoms. The molecule has 0 amide bonds. The van der Waals surface area contributed by atoms with Crippen molar-refractivity contribution in [1.29, 1.82) is 0 Å². The van der Waals surface area contributed by atoms with Gasteiger partial charge in [0.25, 0.3) is 0 Å². The number of nitrogens with one attached hydrogen (secondary N) is 1. The molecule has 6 N–H and O–H groups in total. The van der Waals surface area contributed by atoms with Crippen LogP contribution in [0.2, 0.25) is 0 Å². The second-order valence-corrected chi connectivity index (χ2v) is 18.9. The van der Waals surface area contributed by atoms with Crippen LogP contribution in [0.1, 0.15) is 102 Å². The minimum atomic E-state index is -1.70. The Kier molecular flexibility index (Phi) is 8.48. The summed E-state index contributed by atoms with van der Waals surface area (Å²) >= 11 is 0. The van der Waals surface area contributed by atoms with Gasteiger partial charge in [-0.05, 0) is 124 Å². The van der Waals surface area contributed by atoms with Crippen molar-refractivity contribution in [3.63, 3.8) is 0 Å². The Bertz CT molecular complexity index is 1770. The molecular formula is C44H57NO8. The zero-order valence-corrected chi connectivity index (χ0v) is 31.2. The van der Waals surface area contributed by atoms with Crippen molar-refractivity contribution in [2.45, 2.75) is 132 Å². The number of carbonyl (C=O) groups is 2. The van der Waals surface area contributed by atoms with Crippen LogP contribution in [0.5, 0.6) is 0 Å². The summed E-state index contributed by atoms with van der Waals surface area (Å²) in [6.07, 6.45) is 7.64. The molecule has 15 atom stereocenters. The Morgan fingerprint density at radius 1 is 1.04 bits per heavy atom. The zero-order chi connectivity index (χ0) is 37.1. The van der Waals surface area contributed by atoms with Gasteiger partial charge in [-0.1, -0.05) is 43.9 Å². The molecule has 53 heavy (non-hydrogen) atoms. The van der Waals surface area contributed by atoms with Crippen molar-refractivity contribution in [1.82, 2.24) is 5.32 Å². The molecule has 0 aromatic heterocycles. The van der Waals surface area contributed by atoms with Crippen LogP contribution in [0.25, 0.3) is 0 Å². The van der Waals surface area contributed by atoms with Crippen LogP contribution < -0.4 is 5.32 Å². The van der Waals surface area contributed by atoms with Crippen LogP contribution >= 0.6 is 0 Å². The van der Waals surface area contributed by atoms with Gasteiger partial charge in [-0.15, -0.1) is 0 Å². The summed E-state index contributed by atoms with van der Waals surface area (Å²) in [5.41, 5.74) is -4.15. The lowest BCUT2D eigenvalue weighted by molar-refractivity contribution is -0.343. The van der Waals surface area contributed by atoms with Gasteiger partial charge in [-0.25, -0.2) is 4.79 Å². The molecule has 9 heteroatoms. The predicted octanol–water partition coefficient (Wildman–Crippen LogP) is 3.81. The number of hydrogen-bond acceptors (Lipinski definition) is 9. The van der Waals surface area contributed by atoms with E-state index in [-0.39, 0.29) is 49.3 Å². The first-order valence-electron chi connectivity index (χ1n) is 20.5. The molecule has 7 aliphatic carbocycles. The van der Waals surface area contributed by atoms with Gasteiger partial charge in [0.1, 0.15) is 18.0 Å². The van der Waals surface area contributed by atoms with Crippen LogP contribution in [0, 0.1) is 70.0 Å². The molecule has 6 fully saturated rings. The van der Waals surface area contributed by atoms with Gasteiger partial charge in [-0.3, -0.25) is 5.32 Å². The SMILES string of the molecule is CC(C)C1CCC2C(O)CCC3(C=O)C4CCC56CCC#Cc7ccccc7CC(NCO)C7CC(CC5(O)C4(O)CC(C1)C23O)C6C1=CC(=O)OC17. The van der Waals surface area contributed by atoms with E-state index < -0.39 is 63.6 Å². The molecule has 1 heterocycles. The van der Waals surface area contributed by atoms with Gasteiger partial charge in [0, 0.05) is 47.3 Å². The molecule has 8 aliphatic rings. The largest absolute Gasteiger partial charge is 0.454 e. The van der Waals surface area contributed by atoms with E-state index in [1.54, 1.807) is 6.08 Å². The molecule has 0 saturated heterocycles. The zero-order valence-electron chi connectivity index (χ0n) is 31.2. The highest BCUT2D eigenvalue weighted by Crippen LogP contribution is 2.77. The number of ether oxygens (including phenoxy) is 1. The van der Waals surface area contributed by atoms with Crippen molar-refractivity contribution in [3.05, 3.63) is 47.0 Å².